The largest absolute Gasteiger partial charge is 0.298 e. The van der Waals surface area contributed by atoms with Crippen molar-refractivity contribution in [3.63, 3.8) is 0 Å². The Morgan fingerprint density at radius 3 is 3.00 bits per heavy atom. The maximum Gasteiger partial charge on any atom is 0.283 e. The van der Waals surface area contributed by atoms with Crippen molar-refractivity contribution in [2.24, 2.45) is 11.8 Å². The van der Waals surface area contributed by atoms with Gasteiger partial charge >= 0.3 is 0 Å². The summed E-state index contributed by atoms with van der Waals surface area (Å²) in [5.74, 6) is 5.60. The molecule has 1 saturated carbocycles. The molecule has 0 bridgehead atoms. The molecule has 2 rings (SSSR count). The minimum absolute atomic E-state index is 0.346. The van der Waals surface area contributed by atoms with Crippen LogP contribution < -0.4 is 11.3 Å². The van der Waals surface area contributed by atoms with E-state index in [1.165, 1.54) is 25.7 Å². The third-order valence-corrected chi connectivity index (χ3v) is 4.11. The maximum atomic E-state index is 11.5. The van der Waals surface area contributed by atoms with Gasteiger partial charge in [0, 0.05) is 12.6 Å². The van der Waals surface area contributed by atoms with Gasteiger partial charge in [0.2, 0.25) is 0 Å². The Kier molecular flexibility index (Phi) is 5.09. The predicted octanol–water partition coefficient (Wildman–Crippen LogP) is 1.70. The zero-order valence-corrected chi connectivity index (χ0v) is 12.3. The second-order valence-electron chi connectivity index (χ2n) is 5.83. The molecule has 5 heteroatoms. The second kappa shape index (κ2) is 6.81. The van der Waals surface area contributed by atoms with Gasteiger partial charge in [-0.3, -0.25) is 15.1 Å². The number of hydrogen-bond acceptors (Lipinski definition) is 4. The average molecular weight is 276 g/mol. The first-order chi connectivity index (χ1) is 9.60. The standard InChI is InChI=1S/C15H24N4O/c1-11-5-3-7-13(9-11)19(2)10-12-6-4-8-14(17-12)15(20)18-16/h4,6,8,11,13H,3,5,7,9-10,16H2,1-2H3,(H,18,20). The smallest absolute Gasteiger partial charge is 0.283 e. The number of carbonyl (C=O) groups is 1. The van der Waals surface area contributed by atoms with Crippen molar-refractivity contribution < 1.29 is 4.79 Å². The van der Waals surface area contributed by atoms with Crippen molar-refractivity contribution >= 4 is 5.91 Å². The van der Waals surface area contributed by atoms with Crippen molar-refractivity contribution in [3.05, 3.63) is 29.6 Å². The molecule has 110 valence electrons. The molecule has 0 aromatic carbocycles. The molecule has 5 nitrogen and oxygen atoms in total. The lowest BCUT2D eigenvalue weighted by Gasteiger charge is -2.34. The van der Waals surface area contributed by atoms with Crippen LogP contribution in [0.4, 0.5) is 0 Å². The summed E-state index contributed by atoms with van der Waals surface area (Å²) in [4.78, 5) is 18.2. The average Bonchev–Trinajstić information content (AvgIpc) is 2.46. The molecule has 0 spiro atoms. The fraction of sp³-hybridized carbons (Fsp3) is 0.600. The van der Waals surface area contributed by atoms with E-state index in [1.807, 2.05) is 12.1 Å². The lowest BCUT2D eigenvalue weighted by Crippen LogP contribution is -2.35. The summed E-state index contributed by atoms with van der Waals surface area (Å²) >= 11 is 0. The van der Waals surface area contributed by atoms with Crippen LogP contribution in [0, 0.1) is 5.92 Å². The molecule has 20 heavy (non-hydrogen) atoms. The molecule has 0 saturated heterocycles. The van der Waals surface area contributed by atoms with E-state index in [9.17, 15) is 4.79 Å². The second-order valence-corrected chi connectivity index (χ2v) is 5.83. The Morgan fingerprint density at radius 1 is 1.50 bits per heavy atom. The Hall–Kier alpha value is -1.46. The molecule has 1 heterocycles. The van der Waals surface area contributed by atoms with Gasteiger partial charge in [-0.05, 0) is 37.9 Å². The van der Waals surface area contributed by atoms with Crippen LogP contribution in [-0.4, -0.2) is 28.9 Å². The molecule has 1 fully saturated rings. The Morgan fingerprint density at radius 2 is 2.30 bits per heavy atom. The first-order valence-corrected chi connectivity index (χ1v) is 7.27. The van der Waals surface area contributed by atoms with Gasteiger partial charge < -0.3 is 0 Å². The molecule has 1 aromatic rings. The monoisotopic (exact) mass is 276 g/mol. The van der Waals surface area contributed by atoms with Crippen LogP contribution in [0.25, 0.3) is 0 Å². The Labute approximate surface area is 120 Å². The van der Waals surface area contributed by atoms with Crippen LogP contribution in [-0.2, 0) is 6.54 Å². The van der Waals surface area contributed by atoms with Crippen molar-refractivity contribution in [2.45, 2.75) is 45.2 Å². The lowest BCUT2D eigenvalue weighted by molar-refractivity contribution is 0.0948. The van der Waals surface area contributed by atoms with Gasteiger partial charge in [0.1, 0.15) is 5.69 Å². The maximum absolute atomic E-state index is 11.5. The normalized spacial score (nSPS) is 22.8. The molecule has 1 aliphatic rings. The third kappa shape index (κ3) is 3.77. The first-order valence-electron chi connectivity index (χ1n) is 7.27. The number of nitrogens with one attached hydrogen (secondary N) is 1. The highest BCUT2D eigenvalue weighted by Crippen LogP contribution is 2.27. The van der Waals surface area contributed by atoms with E-state index >= 15 is 0 Å². The molecule has 1 aromatic heterocycles. The molecule has 0 radical (unpaired) electrons. The molecular formula is C15H24N4O. The lowest BCUT2D eigenvalue weighted by atomic mass is 9.86. The highest BCUT2D eigenvalue weighted by Gasteiger charge is 2.22. The molecule has 1 amide bonds. The van der Waals surface area contributed by atoms with Crippen LogP contribution in [0.3, 0.4) is 0 Å². The highest BCUT2D eigenvalue weighted by atomic mass is 16.2. The summed E-state index contributed by atoms with van der Waals surface area (Å²) in [6.07, 6.45) is 5.15. The fourth-order valence-corrected chi connectivity index (χ4v) is 2.96. The summed E-state index contributed by atoms with van der Waals surface area (Å²) in [6, 6.07) is 6.10. The minimum atomic E-state index is -0.346. The van der Waals surface area contributed by atoms with Gasteiger partial charge in [0.25, 0.3) is 5.91 Å². The zero-order chi connectivity index (χ0) is 14.5. The zero-order valence-electron chi connectivity index (χ0n) is 12.3. The summed E-state index contributed by atoms with van der Waals surface area (Å²) in [6.45, 7) is 3.09. The summed E-state index contributed by atoms with van der Waals surface area (Å²) in [7, 11) is 2.14. The van der Waals surface area contributed by atoms with Gasteiger partial charge in [-0.25, -0.2) is 10.8 Å². The number of amides is 1. The van der Waals surface area contributed by atoms with Crippen LogP contribution in [0.15, 0.2) is 18.2 Å². The molecule has 1 aliphatic carbocycles. The van der Waals surface area contributed by atoms with Gasteiger partial charge in [-0.15, -0.1) is 0 Å². The van der Waals surface area contributed by atoms with Gasteiger partial charge in [0.05, 0.1) is 5.69 Å². The number of carbonyl (C=O) groups excluding carboxylic acids is 1. The van der Waals surface area contributed by atoms with Gasteiger partial charge in [0.15, 0.2) is 0 Å². The van der Waals surface area contributed by atoms with E-state index in [0.717, 1.165) is 18.2 Å². The summed E-state index contributed by atoms with van der Waals surface area (Å²) < 4.78 is 0. The van der Waals surface area contributed by atoms with Crippen molar-refractivity contribution in [1.82, 2.24) is 15.3 Å². The van der Waals surface area contributed by atoms with Crippen molar-refractivity contribution in [2.75, 3.05) is 7.05 Å². The Bertz CT molecular complexity index is 463. The molecule has 2 atom stereocenters. The topological polar surface area (TPSA) is 71.2 Å². The highest BCUT2D eigenvalue weighted by molar-refractivity contribution is 5.91. The van der Waals surface area contributed by atoms with Crippen LogP contribution in [0.2, 0.25) is 0 Å². The Balaban J connectivity index is 2.00. The molecule has 0 aliphatic heterocycles. The number of nitrogens with two attached hydrogens (primary N) is 1. The van der Waals surface area contributed by atoms with E-state index in [0.29, 0.717) is 11.7 Å². The van der Waals surface area contributed by atoms with Crippen molar-refractivity contribution in [3.8, 4) is 0 Å². The number of hydrazine groups is 1. The van der Waals surface area contributed by atoms with Crippen LogP contribution in [0.1, 0.15) is 48.8 Å². The summed E-state index contributed by atoms with van der Waals surface area (Å²) in [5, 5.41) is 0. The summed E-state index contributed by atoms with van der Waals surface area (Å²) in [5.41, 5.74) is 3.40. The first kappa shape index (κ1) is 14.9. The number of rotatable bonds is 4. The molecule has 2 unspecified atom stereocenters. The van der Waals surface area contributed by atoms with Crippen LogP contribution >= 0.6 is 0 Å². The minimum Gasteiger partial charge on any atom is -0.298 e. The fourth-order valence-electron chi connectivity index (χ4n) is 2.96. The van der Waals surface area contributed by atoms with E-state index in [-0.39, 0.29) is 5.91 Å². The van der Waals surface area contributed by atoms with E-state index in [2.05, 4.69) is 29.3 Å². The SMILES string of the molecule is CC1CCCC(N(C)Cc2cccc(C(=O)NN)n2)C1. The van der Waals surface area contributed by atoms with E-state index < -0.39 is 0 Å². The van der Waals surface area contributed by atoms with Crippen LogP contribution in [0.5, 0.6) is 0 Å². The number of aromatic nitrogens is 1. The van der Waals surface area contributed by atoms with Gasteiger partial charge in [-0.2, -0.15) is 0 Å². The number of nitrogen functional groups attached to an aromatic ring is 1. The molecular weight excluding hydrogens is 252 g/mol. The third-order valence-electron chi connectivity index (χ3n) is 4.11. The van der Waals surface area contributed by atoms with E-state index in [4.69, 9.17) is 5.84 Å². The number of hydrogen-bond donors (Lipinski definition) is 2. The van der Waals surface area contributed by atoms with Crippen molar-refractivity contribution in [1.29, 1.82) is 0 Å². The number of pyridine rings is 1. The van der Waals surface area contributed by atoms with E-state index in [1.54, 1.807) is 6.07 Å². The predicted molar refractivity (Wildman–Crippen MR) is 78.8 cm³/mol. The molecule has 3 N–H and O–H groups in total. The van der Waals surface area contributed by atoms with Gasteiger partial charge in [-0.1, -0.05) is 25.8 Å². The quantitative estimate of drug-likeness (QED) is 0.499. The number of nitrogens with zero attached hydrogens (tertiary/aromatic N) is 2.